The van der Waals surface area contributed by atoms with Gasteiger partial charge in [-0.3, -0.25) is 4.98 Å². The molecule has 0 spiro atoms. The summed E-state index contributed by atoms with van der Waals surface area (Å²) in [5.74, 6) is -0.0537. The molecule has 2 aromatic heterocycles. The molecule has 0 bridgehead atoms. The molecule has 0 aliphatic carbocycles. The average Bonchev–Trinajstić information content (AvgIpc) is 2.97. The SMILES string of the molecule is [C-]#[N+]c1cc(F)cc(-c2noc(-c3ccccn3)n2)c1. The third-order valence-electron chi connectivity index (χ3n) is 2.58. The van der Waals surface area contributed by atoms with Crippen molar-refractivity contribution in [3.05, 3.63) is 59.8 Å². The molecule has 0 N–H and O–H groups in total. The lowest BCUT2D eigenvalue weighted by Crippen LogP contribution is -1.84. The second-order valence-corrected chi connectivity index (χ2v) is 3.95. The molecule has 0 fully saturated rings. The lowest BCUT2D eigenvalue weighted by molar-refractivity contribution is 0.431. The van der Waals surface area contributed by atoms with Gasteiger partial charge in [-0.25, -0.2) is 9.24 Å². The molecule has 3 aromatic rings. The van der Waals surface area contributed by atoms with Crippen molar-refractivity contribution in [2.75, 3.05) is 0 Å². The summed E-state index contributed by atoms with van der Waals surface area (Å²) in [5.41, 5.74) is 1.11. The molecule has 0 saturated carbocycles. The summed E-state index contributed by atoms with van der Waals surface area (Å²) in [6, 6.07) is 9.20. The fourth-order valence-corrected chi connectivity index (χ4v) is 1.70. The first-order valence-electron chi connectivity index (χ1n) is 5.70. The Hall–Kier alpha value is -3.07. The van der Waals surface area contributed by atoms with Crippen molar-refractivity contribution < 1.29 is 8.91 Å². The molecule has 0 unspecified atom stereocenters. The highest BCUT2D eigenvalue weighted by Gasteiger charge is 2.12. The Morgan fingerprint density at radius 2 is 2.10 bits per heavy atom. The van der Waals surface area contributed by atoms with Crippen LogP contribution in [0.15, 0.2) is 47.1 Å². The van der Waals surface area contributed by atoms with Gasteiger partial charge in [0, 0.05) is 11.8 Å². The summed E-state index contributed by atoms with van der Waals surface area (Å²) < 4.78 is 18.5. The standard InChI is InChI=1S/C14H7FN4O/c1-16-11-7-9(6-10(15)8-11)13-18-14(20-19-13)12-4-2-3-5-17-12/h2-8H. The Morgan fingerprint density at radius 3 is 2.85 bits per heavy atom. The van der Waals surface area contributed by atoms with Crippen molar-refractivity contribution in [2.24, 2.45) is 0 Å². The molecule has 0 radical (unpaired) electrons. The van der Waals surface area contributed by atoms with Gasteiger partial charge in [0.15, 0.2) is 5.69 Å². The summed E-state index contributed by atoms with van der Waals surface area (Å²) in [6.07, 6.45) is 1.61. The number of hydrogen-bond acceptors (Lipinski definition) is 4. The molecule has 20 heavy (non-hydrogen) atoms. The second kappa shape index (κ2) is 4.90. The smallest absolute Gasteiger partial charge is 0.276 e. The van der Waals surface area contributed by atoms with Crippen LogP contribution >= 0.6 is 0 Å². The Balaban J connectivity index is 2.03. The highest BCUT2D eigenvalue weighted by Crippen LogP contribution is 2.25. The van der Waals surface area contributed by atoms with Crippen molar-refractivity contribution in [2.45, 2.75) is 0 Å². The Labute approximate surface area is 113 Å². The zero-order valence-corrected chi connectivity index (χ0v) is 10.1. The zero-order chi connectivity index (χ0) is 13.9. The molecule has 0 aliphatic heterocycles. The van der Waals surface area contributed by atoms with Crippen LogP contribution in [-0.2, 0) is 0 Å². The van der Waals surface area contributed by atoms with Gasteiger partial charge < -0.3 is 4.52 Å². The number of nitrogens with zero attached hydrogens (tertiary/aromatic N) is 4. The van der Waals surface area contributed by atoms with Crippen LogP contribution in [0.2, 0.25) is 0 Å². The highest BCUT2D eigenvalue weighted by molar-refractivity contribution is 5.64. The summed E-state index contributed by atoms with van der Waals surface area (Å²) in [5, 5.41) is 3.78. The van der Waals surface area contributed by atoms with Crippen LogP contribution in [0.1, 0.15) is 0 Å². The van der Waals surface area contributed by atoms with Gasteiger partial charge >= 0.3 is 0 Å². The maximum Gasteiger partial charge on any atom is 0.276 e. The van der Waals surface area contributed by atoms with Crippen LogP contribution < -0.4 is 0 Å². The first-order valence-corrected chi connectivity index (χ1v) is 5.70. The molecule has 0 saturated heterocycles. The Bertz CT molecular complexity index is 792. The molecule has 96 valence electrons. The molecule has 0 aliphatic rings. The normalized spacial score (nSPS) is 10.2. The number of aromatic nitrogens is 3. The quantitative estimate of drug-likeness (QED) is 0.666. The predicted octanol–water partition coefficient (Wildman–Crippen LogP) is 3.49. The van der Waals surface area contributed by atoms with Crippen molar-refractivity contribution in [1.82, 2.24) is 15.1 Å². The Morgan fingerprint density at radius 1 is 1.20 bits per heavy atom. The average molecular weight is 266 g/mol. The monoisotopic (exact) mass is 266 g/mol. The lowest BCUT2D eigenvalue weighted by atomic mass is 10.2. The molecule has 1 aromatic carbocycles. The summed E-state index contributed by atoms with van der Waals surface area (Å²) in [4.78, 5) is 11.4. The lowest BCUT2D eigenvalue weighted by Gasteiger charge is -1.96. The molecular formula is C14H7FN4O. The van der Waals surface area contributed by atoms with Gasteiger partial charge in [0.1, 0.15) is 11.5 Å². The molecule has 0 amide bonds. The molecule has 0 atom stereocenters. The van der Waals surface area contributed by atoms with Gasteiger partial charge in [0.2, 0.25) is 5.82 Å². The van der Waals surface area contributed by atoms with Crippen LogP contribution in [0.4, 0.5) is 10.1 Å². The summed E-state index contributed by atoms with van der Waals surface area (Å²) in [7, 11) is 0. The zero-order valence-electron chi connectivity index (χ0n) is 10.1. The van der Waals surface area contributed by atoms with E-state index < -0.39 is 5.82 Å². The van der Waals surface area contributed by atoms with E-state index in [-0.39, 0.29) is 17.4 Å². The Kier molecular flexibility index (Phi) is 2.94. The van der Waals surface area contributed by atoms with E-state index in [4.69, 9.17) is 11.1 Å². The van der Waals surface area contributed by atoms with Gasteiger partial charge in [0.05, 0.1) is 6.57 Å². The van der Waals surface area contributed by atoms with Crippen molar-refractivity contribution in [3.8, 4) is 23.0 Å². The predicted molar refractivity (Wildman–Crippen MR) is 69.2 cm³/mol. The largest absolute Gasteiger partial charge is 0.332 e. The minimum absolute atomic E-state index is 0.184. The fraction of sp³-hybridized carbons (Fsp3) is 0. The van der Waals surface area contributed by atoms with Crippen LogP contribution in [0.3, 0.4) is 0 Å². The van der Waals surface area contributed by atoms with Gasteiger partial charge in [-0.1, -0.05) is 11.2 Å². The highest BCUT2D eigenvalue weighted by atomic mass is 19.1. The van der Waals surface area contributed by atoms with Gasteiger partial charge in [-0.2, -0.15) is 4.98 Å². The molecule has 5 nitrogen and oxygen atoms in total. The van der Waals surface area contributed by atoms with E-state index >= 15 is 0 Å². The molecule has 3 rings (SSSR count). The maximum atomic E-state index is 13.4. The van der Waals surface area contributed by atoms with E-state index in [0.717, 1.165) is 6.07 Å². The maximum absolute atomic E-state index is 13.4. The summed E-state index contributed by atoms with van der Waals surface area (Å²) in [6.45, 7) is 6.92. The van der Waals surface area contributed by atoms with Crippen molar-refractivity contribution in [1.29, 1.82) is 0 Å². The minimum atomic E-state index is -0.516. The first kappa shape index (κ1) is 12.0. The second-order valence-electron chi connectivity index (χ2n) is 3.95. The molecule has 6 heteroatoms. The summed E-state index contributed by atoms with van der Waals surface area (Å²) >= 11 is 0. The fourth-order valence-electron chi connectivity index (χ4n) is 1.70. The van der Waals surface area contributed by atoms with Crippen LogP contribution in [0.25, 0.3) is 27.8 Å². The number of pyridine rings is 1. The molecule has 2 heterocycles. The van der Waals surface area contributed by atoms with Crippen LogP contribution in [0.5, 0.6) is 0 Å². The van der Waals surface area contributed by atoms with Gasteiger partial charge in [0.25, 0.3) is 5.89 Å². The number of benzene rings is 1. The van der Waals surface area contributed by atoms with Crippen LogP contribution in [-0.4, -0.2) is 15.1 Å². The van der Waals surface area contributed by atoms with E-state index in [2.05, 4.69) is 20.0 Å². The minimum Gasteiger partial charge on any atom is -0.332 e. The van der Waals surface area contributed by atoms with E-state index in [0.29, 0.717) is 11.3 Å². The topological polar surface area (TPSA) is 56.2 Å². The third kappa shape index (κ3) is 2.24. The third-order valence-corrected chi connectivity index (χ3v) is 2.58. The number of hydrogen-bond donors (Lipinski definition) is 0. The van der Waals surface area contributed by atoms with E-state index in [9.17, 15) is 4.39 Å². The van der Waals surface area contributed by atoms with Gasteiger partial charge in [-0.05, 0) is 30.3 Å². The van der Waals surface area contributed by atoms with E-state index in [1.807, 2.05) is 0 Å². The number of halogens is 1. The molecular weight excluding hydrogens is 259 g/mol. The van der Waals surface area contributed by atoms with Gasteiger partial charge in [-0.15, -0.1) is 0 Å². The van der Waals surface area contributed by atoms with Crippen molar-refractivity contribution >= 4 is 5.69 Å². The van der Waals surface area contributed by atoms with Crippen LogP contribution in [0, 0.1) is 12.4 Å². The number of rotatable bonds is 2. The van der Waals surface area contributed by atoms with E-state index in [1.165, 1.54) is 12.1 Å². The first-order chi connectivity index (χ1) is 9.76. The van der Waals surface area contributed by atoms with Crippen molar-refractivity contribution in [3.63, 3.8) is 0 Å². The van der Waals surface area contributed by atoms with E-state index in [1.54, 1.807) is 24.4 Å².